The van der Waals surface area contributed by atoms with Gasteiger partial charge in [0.2, 0.25) is 0 Å². The molecule has 31 heavy (non-hydrogen) atoms. The van der Waals surface area contributed by atoms with Crippen LogP contribution in [0.2, 0.25) is 0 Å². The molecule has 0 heterocycles. The fraction of sp³-hybridized carbons (Fsp3) is 0.714. The predicted octanol–water partition coefficient (Wildman–Crippen LogP) is 5.18. The Labute approximate surface area is 189 Å². The third kappa shape index (κ3) is 5.54. The van der Waals surface area contributed by atoms with E-state index < -0.39 is 5.60 Å². The molecule has 6 atom stereocenters. The quantitative estimate of drug-likeness (QED) is 0.543. The van der Waals surface area contributed by atoms with E-state index >= 15 is 0 Å². The highest BCUT2D eigenvalue weighted by atomic mass is 16.3. The zero-order valence-corrected chi connectivity index (χ0v) is 20.0. The van der Waals surface area contributed by atoms with Crippen molar-refractivity contribution in [2.45, 2.75) is 90.8 Å². The van der Waals surface area contributed by atoms with Gasteiger partial charge in [0, 0.05) is 12.3 Å². The molecule has 3 heteroatoms. The normalized spacial score (nSPS) is 37.5. The lowest BCUT2D eigenvalue weighted by atomic mass is 9.61. The Morgan fingerprint density at radius 3 is 2.71 bits per heavy atom. The van der Waals surface area contributed by atoms with Gasteiger partial charge in [-0.05, 0) is 93.1 Å². The van der Waals surface area contributed by atoms with Gasteiger partial charge in [-0.1, -0.05) is 44.1 Å². The summed E-state index contributed by atoms with van der Waals surface area (Å²) in [4.78, 5) is 0. The summed E-state index contributed by atoms with van der Waals surface area (Å²) in [5.41, 5.74) is 3.04. The summed E-state index contributed by atoms with van der Waals surface area (Å²) in [6.07, 6.45) is 12.4. The summed E-state index contributed by atoms with van der Waals surface area (Å²) in [7, 11) is 0. The number of aliphatic hydroxyl groups is 3. The van der Waals surface area contributed by atoms with Crippen LogP contribution in [0, 0.1) is 40.9 Å². The third-order valence-corrected chi connectivity index (χ3v) is 8.18. The van der Waals surface area contributed by atoms with Crippen molar-refractivity contribution in [2.75, 3.05) is 6.61 Å². The molecule has 3 aliphatic rings. The summed E-state index contributed by atoms with van der Waals surface area (Å²) >= 11 is 0. The standard InChI is InChI=1S/C28H42O3/c1-19(8-6-14-27(3,4)31)25-12-13-26-21(9-7-15-28(25,26)5)10-11-22-16-24(30)17-23(18-29)20(22)2/h10-11,19,23-26,29-31H,2,7-9,12-13,15-18H2,1,3-5H3/b21-10+,22-11-/t19-,23+,24+,25-,26+,28-/m1/s1. The molecule has 0 saturated heterocycles. The Kier molecular flexibility index (Phi) is 7.57. The molecule has 0 aromatic carbocycles. The molecule has 3 N–H and O–H groups in total. The van der Waals surface area contributed by atoms with Crippen molar-refractivity contribution in [1.82, 2.24) is 0 Å². The molecular formula is C28H42O3. The predicted molar refractivity (Wildman–Crippen MR) is 127 cm³/mol. The topological polar surface area (TPSA) is 60.7 Å². The monoisotopic (exact) mass is 426 g/mol. The van der Waals surface area contributed by atoms with Crippen LogP contribution in [-0.2, 0) is 0 Å². The summed E-state index contributed by atoms with van der Waals surface area (Å²) in [5.74, 6) is 8.00. The van der Waals surface area contributed by atoms with Gasteiger partial charge in [0.1, 0.15) is 5.60 Å². The maximum absolute atomic E-state index is 10.2. The van der Waals surface area contributed by atoms with E-state index in [9.17, 15) is 15.3 Å². The summed E-state index contributed by atoms with van der Waals surface area (Å²) in [5, 5.41) is 29.7. The Balaban J connectivity index is 1.76. The fourth-order valence-corrected chi connectivity index (χ4v) is 6.55. The number of hydrogen-bond donors (Lipinski definition) is 3. The molecule has 3 saturated carbocycles. The molecule has 0 bridgehead atoms. The Morgan fingerprint density at radius 1 is 1.29 bits per heavy atom. The second-order valence-corrected chi connectivity index (χ2v) is 11.1. The number of hydrogen-bond acceptors (Lipinski definition) is 3. The Morgan fingerprint density at radius 2 is 2.03 bits per heavy atom. The molecule has 0 aliphatic heterocycles. The second-order valence-electron chi connectivity index (χ2n) is 11.1. The van der Waals surface area contributed by atoms with Gasteiger partial charge in [-0.15, -0.1) is 5.92 Å². The number of rotatable bonds is 4. The van der Waals surface area contributed by atoms with E-state index in [1.165, 1.54) is 25.7 Å². The van der Waals surface area contributed by atoms with Crippen molar-refractivity contribution >= 4 is 0 Å². The highest BCUT2D eigenvalue weighted by Gasteiger charge is 2.50. The first kappa shape index (κ1) is 24.3. The largest absolute Gasteiger partial charge is 0.396 e. The van der Waals surface area contributed by atoms with Crippen LogP contribution >= 0.6 is 0 Å². The Hall–Kier alpha value is -1.34. The number of fused-ring (bicyclic) bond motifs is 1. The van der Waals surface area contributed by atoms with Crippen molar-refractivity contribution in [1.29, 1.82) is 0 Å². The van der Waals surface area contributed by atoms with Crippen LogP contribution in [0.1, 0.15) is 79.1 Å². The van der Waals surface area contributed by atoms with Gasteiger partial charge in [-0.25, -0.2) is 0 Å². The van der Waals surface area contributed by atoms with Crippen LogP contribution in [0.4, 0.5) is 0 Å². The first-order valence-electron chi connectivity index (χ1n) is 12.1. The maximum Gasteiger partial charge on any atom is 0.119 e. The minimum atomic E-state index is -0.915. The summed E-state index contributed by atoms with van der Waals surface area (Å²) in [6.45, 7) is 12.6. The lowest BCUT2D eigenvalue weighted by Crippen LogP contribution is -2.36. The van der Waals surface area contributed by atoms with Gasteiger partial charge >= 0.3 is 0 Å². The smallest absolute Gasteiger partial charge is 0.119 e. The molecule has 0 aromatic rings. The number of aliphatic hydroxyl groups excluding tert-OH is 2. The minimum absolute atomic E-state index is 0.0215. The second kappa shape index (κ2) is 9.65. The van der Waals surface area contributed by atoms with Crippen LogP contribution < -0.4 is 0 Å². The molecule has 0 amide bonds. The molecule has 0 spiro atoms. The first-order valence-corrected chi connectivity index (χ1v) is 12.1. The highest BCUT2D eigenvalue weighted by Crippen LogP contribution is 2.59. The molecular weight excluding hydrogens is 384 g/mol. The molecule has 172 valence electrons. The van der Waals surface area contributed by atoms with E-state index in [1.807, 2.05) is 0 Å². The third-order valence-electron chi connectivity index (χ3n) is 8.18. The number of allylic oxidation sites excluding steroid dienone is 3. The zero-order chi connectivity index (χ0) is 22.8. The van der Waals surface area contributed by atoms with E-state index in [0.29, 0.717) is 36.0 Å². The van der Waals surface area contributed by atoms with Gasteiger partial charge < -0.3 is 15.3 Å². The Bertz CT molecular complexity index is 787. The van der Waals surface area contributed by atoms with Crippen LogP contribution in [0.15, 0.2) is 35.5 Å². The highest BCUT2D eigenvalue weighted by molar-refractivity contribution is 5.38. The van der Waals surface area contributed by atoms with Crippen LogP contribution in [-0.4, -0.2) is 33.6 Å². The van der Waals surface area contributed by atoms with Crippen molar-refractivity contribution in [3.8, 4) is 11.8 Å². The molecule has 3 aliphatic carbocycles. The van der Waals surface area contributed by atoms with Crippen molar-refractivity contribution in [3.05, 3.63) is 35.5 Å². The average molecular weight is 427 g/mol. The minimum Gasteiger partial charge on any atom is -0.396 e. The summed E-state index contributed by atoms with van der Waals surface area (Å²) < 4.78 is 0. The van der Waals surface area contributed by atoms with Crippen molar-refractivity contribution in [2.24, 2.45) is 29.1 Å². The van der Waals surface area contributed by atoms with E-state index in [1.54, 1.807) is 19.4 Å². The molecule has 3 rings (SSSR count). The first-order chi connectivity index (χ1) is 14.5. The molecule has 0 aromatic heterocycles. The fourth-order valence-electron chi connectivity index (χ4n) is 6.55. The van der Waals surface area contributed by atoms with Crippen LogP contribution in [0.25, 0.3) is 0 Å². The van der Waals surface area contributed by atoms with Gasteiger partial charge in [0.05, 0.1) is 12.7 Å². The molecule has 0 unspecified atom stereocenters. The van der Waals surface area contributed by atoms with Crippen molar-refractivity contribution in [3.63, 3.8) is 0 Å². The van der Waals surface area contributed by atoms with E-state index in [2.05, 4.69) is 44.4 Å². The van der Waals surface area contributed by atoms with Gasteiger partial charge in [0.25, 0.3) is 0 Å². The van der Waals surface area contributed by atoms with Gasteiger partial charge in [-0.2, -0.15) is 0 Å². The average Bonchev–Trinajstić information content (AvgIpc) is 3.04. The molecule has 3 nitrogen and oxygen atoms in total. The van der Waals surface area contributed by atoms with Gasteiger partial charge in [-0.3, -0.25) is 0 Å². The molecule has 0 radical (unpaired) electrons. The lowest BCUT2D eigenvalue weighted by Gasteiger charge is -2.44. The lowest BCUT2D eigenvalue weighted by molar-refractivity contribution is 0.0990. The van der Waals surface area contributed by atoms with E-state index in [-0.39, 0.29) is 18.6 Å². The molecule has 3 fully saturated rings. The van der Waals surface area contributed by atoms with E-state index in [4.69, 9.17) is 0 Å². The van der Waals surface area contributed by atoms with Gasteiger partial charge in [0.15, 0.2) is 0 Å². The van der Waals surface area contributed by atoms with Crippen LogP contribution in [0.5, 0.6) is 0 Å². The van der Waals surface area contributed by atoms with E-state index in [0.717, 1.165) is 24.0 Å². The maximum atomic E-state index is 10.2. The summed E-state index contributed by atoms with van der Waals surface area (Å²) in [6, 6.07) is 0. The SMILES string of the molecule is C=C1/C(=C\C=C2/CCC[C@]3(C)[C@@H]([C@H](C)CC#CC(C)(C)O)CC[C@@H]23)C[C@H](O)C[C@H]1CO. The van der Waals surface area contributed by atoms with Crippen molar-refractivity contribution < 1.29 is 15.3 Å². The van der Waals surface area contributed by atoms with Crippen LogP contribution in [0.3, 0.4) is 0 Å². The zero-order valence-electron chi connectivity index (χ0n) is 20.0.